The summed E-state index contributed by atoms with van der Waals surface area (Å²) in [7, 11) is -0.934. The first-order valence-corrected chi connectivity index (χ1v) is 8.69. The van der Waals surface area contributed by atoms with Gasteiger partial charge in [-0.2, -0.15) is 0 Å². The van der Waals surface area contributed by atoms with E-state index >= 15 is 0 Å². The molecule has 1 aliphatic heterocycles. The topological polar surface area (TPSA) is 67.4 Å². The molecule has 0 radical (unpaired) electrons. The van der Waals surface area contributed by atoms with Crippen LogP contribution in [0.1, 0.15) is 25.3 Å². The van der Waals surface area contributed by atoms with Gasteiger partial charge in [-0.25, -0.2) is 4.79 Å². The van der Waals surface area contributed by atoms with Crippen molar-refractivity contribution in [2.75, 3.05) is 19.4 Å². The van der Waals surface area contributed by atoms with Crippen molar-refractivity contribution in [2.24, 2.45) is 0 Å². The van der Waals surface area contributed by atoms with Crippen molar-refractivity contribution < 1.29 is 13.7 Å². The smallest absolute Gasteiger partial charge is 0.315 e. The lowest BCUT2D eigenvalue weighted by Gasteiger charge is -2.20. The van der Waals surface area contributed by atoms with Crippen molar-refractivity contribution in [3.05, 3.63) is 29.8 Å². The van der Waals surface area contributed by atoms with E-state index in [-0.39, 0.29) is 23.2 Å². The molecule has 0 spiro atoms. The van der Waals surface area contributed by atoms with E-state index in [2.05, 4.69) is 10.6 Å². The Hall–Kier alpha value is -1.56. The minimum atomic E-state index is -0.934. The van der Waals surface area contributed by atoms with Gasteiger partial charge >= 0.3 is 6.03 Å². The molecule has 1 aromatic rings. The van der Waals surface area contributed by atoms with Crippen LogP contribution in [0.15, 0.2) is 24.3 Å². The summed E-state index contributed by atoms with van der Waals surface area (Å²) < 4.78 is 16.9. The Labute approximate surface area is 127 Å². The van der Waals surface area contributed by atoms with E-state index in [0.717, 1.165) is 11.3 Å². The maximum atomic E-state index is 11.9. The predicted molar refractivity (Wildman–Crippen MR) is 84.2 cm³/mol. The first-order chi connectivity index (χ1) is 9.99. The van der Waals surface area contributed by atoms with E-state index in [4.69, 9.17) is 4.74 Å². The maximum absolute atomic E-state index is 11.9. The van der Waals surface area contributed by atoms with E-state index < -0.39 is 10.8 Å². The second-order valence-electron chi connectivity index (χ2n) is 5.41. The summed E-state index contributed by atoms with van der Waals surface area (Å²) in [5.74, 6) is 1.05. The Kier molecular flexibility index (Phi) is 5.22. The van der Waals surface area contributed by atoms with Crippen molar-refractivity contribution in [1.82, 2.24) is 10.6 Å². The van der Waals surface area contributed by atoms with E-state index in [1.54, 1.807) is 6.26 Å². The van der Waals surface area contributed by atoms with Crippen LogP contribution < -0.4 is 15.4 Å². The number of hydrogen-bond acceptors (Lipinski definition) is 3. The van der Waals surface area contributed by atoms with E-state index in [0.29, 0.717) is 13.2 Å². The van der Waals surface area contributed by atoms with Crippen LogP contribution in [-0.4, -0.2) is 40.9 Å². The minimum absolute atomic E-state index is 0.0314. The van der Waals surface area contributed by atoms with E-state index in [1.165, 1.54) is 0 Å². The van der Waals surface area contributed by atoms with Crippen LogP contribution in [0.3, 0.4) is 0 Å². The molecule has 2 amide bonds. The quantitative estimate of drug-likeness (QED) is 0.868. The number of benzene rings is 1. The molecule has 2 rings (SSSR count). The number of amides is 2. The molecule has 0 aliphatic carbocycles. The SMILES string of the molecule is C[C@H](NC(=O)NC[C@H](C)[S@](C)=O)[C@H]1COc2ccccc21. The van der Waals surface area contributed by atoms with Crippen LogP contribution in [0.5, 0.6) is 5.75 Å². The van der Waals surface area contributed by atoms with Crippen molar-refractivity contribution >= 4 is 16.8 Å². The third kappa shape index (κ3) is 3.97. The molecule has 5 nitrogen and oxygen atoms in total. The number of fused-ring (bicyclic) bond motifs is 1. The normalized spacial score (nSPS) is 20.8. The highest BCUT2D eigenvalue weighted by atomic mass is 32.2. The second-order valence-corrected chi connectivity index (χ2v) is 7.21. The Morgan fingerprint density at radius 2 is 2.14 bits per heavy atom. The first kappa shape index (κ1) is 15.8. The second kappa shape index (κ2) is 6.93. The van der Waals surface area contributed by atoms with Gasteiger partial charge in [-0.05, 0) is 19.9 Å². The van der Waals surface area contributed by atoms with Gasteiger partial charge in [0.2, 0.25) is 0 Å². The lowest BCUT2D eigenvalue weighted by atomic mass is 9.94. The van der Waals surface area contributed by atoms with Crippen LogP contribution in [0.2, 0.25) is 0 Å². The van der Waals surface area contributed by atoms with Gasteiger partial charge < -0.3 is 15.4 Å². The molecule has 0 aromatic heterocycles. The molecule has 116 valence electrons. The summed E-state index contributed by atoms with van der Waals surface area (Å²) in [6.45, 7) is 4.80. The summed E-state index contributed by atoms with van der Waals surface area (Å²) in [6, 6.07) is 7.63. The van der Waals surface area contributed by atoms with Crippen molar-refractivity contribution in [3.8, 4) is 5.75 Å². The highest BCUT2D eigenvalue weighted by Gasteiger charge is 2.29. The monoisotopic (exact) mass is 310 g/mol. The number of nitrogens with one attached hydrogen (secondary N) is 2. The highest BCUT2D eigenvalue weighted by molar-refractivity contribution is 7.84. The van der Waals surface area contributed by atoms with Gasteiger partial charge in [0.25, 0.3) is 0 Å². The Morgan fingerprint density at radius 3 is 2.86 bits per heavy atom. The number of para-hydroxylation sites is 1. The van der Waals surface area contributed by atoms with E-state index in [9.17, 15) is 9.00 Å². The third-order valence-corrected chi connectivity index (χ3v) is 5.12. The van der Waals surface area contributed by atoms with Gasteiger partial charge in [0.05, 0.1) is 6.61 Å². The summed E-state index contributed by atoms with van der Waals surface area (Å²) in [4.78, 5) is 11.9. The van der Waals surface area contributed by atoms with Crippen LogP contribution in [0, 0.1) is 0 Å². The Bertz CT molecular complexity index is 535. The van der Waals surface area contributed by atoms with Crippen LogP contribution >= 0.6 is 0 Å². The van der Waals surface area contributed by atoms with E-state index in [1.807, 2.05) is 38.1 Å². The van der Waals surface area contributed by atoms with Crippen LogP contribution in [0.25, 0.3) is 0 Å². The molecule has 1 aromatic carbocycles. The summed E-state index contributed by atoms with van der Waals surface area (Å²) in [5, 5.41) is 5.63. The van der Waals surface area contributed by atoms with Crippen molar-refractivity contribution in [2.45, 2.75) is 31.1 Å². The molecule has 1 heterocycles. The minimum Gasteiger partial charge on any atom is -0.493 e. The first-order valence-electron chi connectivity index (χ1n) is 7.07. The number of ether oxygens (including phenoxy) is 1. The number of rotatable bonds is 5. The highest BCUT2D eigenvalue weighted by Crippen LogP contribution is 2.35. The number of urea groups is 1. The Morgan fingerprint density at radius 1 is 1.43 bits per heavy atom. The molecule has 0 saturated carbocycles. The number of hydrogen-bond donors (Lipinski definition) is 2. The zero-order chi connectivity index (χ0) is 15.4. The lowest BCUT2D eigenvalue weighted by Crippen LogP contribution is -2.45. The number of carbonyl (C=O) groups excluding carboxylic acids is 1. The molecule has 21 heavy (non-hydrogen) atoms. The molecule has 6 heteroatoms. The van der Waals surface area contributed by atoms with Crippen LogP contribution in [0.4, 0.5) is 4.79 Å². The largest absolute Gasteiger partial charge is 0.493 e. The summed E-state index contributed by atoms with van der Waals surface area (Å²) in [5.41, 5.74) is 1.13. The fraction of sp³-hybridized carbons (Fsp3) is 0.533. The molecule has 0 bridgehead atoms. The lowest BCUT2D eigenvalue weighted by molar-refractivity contribution is 0.233. The molecule has 0 fully saturated rings. The van der Waals surface area contributed by atoms with Crippen molar-refractivity contribution in [3.63, 3.8) is 0 Å². The Balaban J connectivity index is 1.86. The molecule has 4 atom stereocenters. The predicted octanol–water partition coefficient (Wildman–Crippen LogP) is 1.62. The number of carbonyl (C=O) groups is 1. The fourth-order valence-electron chi connectivity index (χ4n) is 2.31. The summed E-state index contributed by atoms with van der Waals surface area (Å²) in [6.07, 6.45) is 1.64. The zero-order valence-corrected chi connectivity index (χ0v) is 13.4. The maximum Gasteiger partial charge on any atom is 0.315 e. The van der Waals surface area contributed by atoms with Crippen molar-refractivity contribution in [1.29, 1.82) is 0 Å². The fourth-order valence-corrected chi connectivity index (χ4v) is 2.63. The van der Waals surface area contributed by atoms with Gasteiger partial charge in [0.1, 0.15) is 5.75 Å². The third-order valence-electron chi connectivity index (χ3n) is 3.82. The molecule has 0 saturated heterocycles. The molecular formula is C15H22N2O3S. The van der Waals surface area contributed by atoms with Gasteiger partial charge in [0, 0.05) is 46.4 Å². The van der Waals surface area contributed by atoms with Gasteiger partial charge in [-0.3, -0.25) is 4.21 Å². The molecule has 2 N–H and O–H groups in total. The standard InChI is InChI=1S/C15H22N2O3S/c1-10(21(3)19)8-16-15(18)17-11(2)13-9-20-14-7-5-4-6-12(13)14/h4-7,10-11,13H,8-9H2,1-3H3,(H2,16,17,18)/t10-,11-,13+,21-/m0/s1. The average molecular weight is 310 g/mol. The van der Waals surface area contributed by atoms with Crippen LogP contribution in [-0.2, 0) is 10.8 Å². The average Bonchev–Trinajstić information content (AvgIpc) is 2.88. The molecular weight excluding hydrogens is 288 g/mol. The zero-order valence-electron chi connectivity index (χ0n) is 12.6. The molecule has 0 unspecified atom stereocenters. The van der Waals surface area contributed by atoms with Gasteiger partial charge in [0.15, 0.2) is 0 Å². The summed E-state index contributed by atoms with van der Waals surface area (Å²) >= 11 is 0. The van der Waals surface area contributed by atoms with Gasteiger partial charge in [-0.1, -0.05) is 18.2 Å². The van der Waals surface area contributed by atoms with Gasteiger partial charge in [-0.15, -0.1) is 0 Å². The molecule has 1 aliphatic rings.